The molecule has 2 aliphatic carbocycles. The number of carbonyl (C=O) groups excluding carboxylic acids is 2. The van der Waals surface area contributed by atoms with E-state index < -0.39 is 0 Å². The third kappa shape index (κ3) is 5.23. The first-order valence-electron chi connectivity index (χ1n) is 11.2. The van der Waals surface area contributed by atoms with Crippen molar-refractivity contribution < 1.29 is 9.59 Å². The molecule has 4 nitrogen and oxygen atoms in total. The zero-order valence-electron chi connectivity index (χ0n) is 16.8. The Hall–Kier alpha value is -1.06. The van der Waals surface area contributed by atoms with E-state index in [0.29, 0.717) is 24.8 Å². The van der Waals surface area contributed by atoms with Crippen molar-refractivity contribution in [2.75, 3.05) is 20.1 Å². The molecule has 0 aromatic rings. The van der Waals surface area contributed by atoms with Crippen LogP contribution in [-0.2, 0) is 9.59 Å². The van der Waals surface area contributed by atoms with Crippen molar-refractivity contribution in [3.63, 3.8) is 0 Å². The summed E-state index contributed by atoms with van der Waals surface area (Å²) in [6.45, 7) is 1.95. The summed E-state index contributed by atoms with van der Waals surface area (Å²) in [4.78, 5) is 29.0. The molecule has 2 unspecified atom stereocenters. The average molecular weight is 363 g/mol. The lowest BCUT2D eigenvalue weighted by Gasteiger charge is -2.41. The molecule has 26 heavy (non-hydrogen) atoms. The zero-order valence-corrected chi connectivity index (χ0v) is 16.8. The molecule has 0 aromatic heterocycles. The van der Waals surface area contributed by atoms with Gasteiger partial charge in [0.1, 0.15) is 0 Å². The van der Waals surface area contributed by atoms with Crippen molar-refractivity contribution in [1.29, 1.82) is 0 Å². The summed E-state index contributed by atoms with van der Waals surface area (Å²) in [5.41, 5.74) is 0. The summed E-state index contributed by atoms with van der Waals surface area (Å²) in [5, 5.41) is 0. The predicted molar refractivity (Wildman–Crippen MR) is 105 cm³/mol. The SMILES string of the molecule is CN(C(=O)CCCCC(=O)N1CCC2CCCCC2C1)C1CCCCC1. The molecular weight excluding hydrogens is 324 g/mol. The van der Waals surface area contributed by atoms with Crippen LogP contribution in [0, 0.1) is 11.8 Å². The minimum Gasteiger partial charge on any atom is -0.343 e. The highest BCUT2D eigenvalue weighted by molar-refractivity contribution is 5.77. The molecule has 2 atom stereocenters. The van der Waals surface area contributed by atoms with E-state index in [1.807, 2.05) is 11.9 Å². The van der Waals surface area contributed by atoms with Crippen LogP contribution < -0.4 is 0 Å². The Labute approximate surface area is 159 Å². The van der Waals surface area contributed by atoms with E-state index in [-0.39, 0.29) is 5.91 Å². The quantitative estimate of drug-likeness (QED) is 0.658. The minimum absolute atomic E-state index is 0.271. The van der Waals surface area contributed by atoms with Gasteiger partial charge in [0.25, 0.3) is 0 Å². The summed E-state index contributed by atoms with van der Waals surface area (Å²) in [5.74, 6) is 2.22. The van der Waals surface area contributed by atoms with Crippen LogP contribution in [0.15, 0.2) is 0 Å². The standard InChI is InChI=1S/C22H38N2O2/c1-23(20-11-3-2-4-12-20)21(25)13-7-8-14-22(26)24-16-15-18-9-5-6-10-19(18)17-24/h18-20H,2-17H2,1H3. The third-order valence-corrected chi connectivity index (χ3v) is 7.19. The van der Waals surface area contributed by atoms with E-state index >= 15 is 0 Å². The maximum atomic E-state index is 12.5. The van der Waals surface area contributed by atoms with Gasteiger partial charge in [-0.15, -0.1) is 0 Å². The number of likely N-dealkylation sites (tertiary alicyclic amines) is 1. The number of hydrogen-bond acceptors (Lipinski definition) is 2. The average Bonchev–Trinajstić information content (AvgIpc) is 2.70. The number of piperidine rings is 1. The van der Waals surface area contributed by atoms with Crippen molar-refractivity contribution in [2.45, 2.75) is 95.9 Å². The summed E-state index contributed by atoms with van der Waals surface area (Å²) in [6, 6.07) is 0.453. The monoisotopic (exact) mass is 362 g/mol. The maximum Gasteiger partial charge on any atom is 0.222 e. The van der Waals surface area contributed by atoms with Crippen molar-refractivity contribution in [1.82, 2.24) is 9.80 Å². The number of hydrogen-bond donors (Lipinski definition) is 0. The highest BCUT2D eigenvalue weighted by Gasteiger charge is 2.32. The number of nitrogens with zero attached hydrogens (tertiary/aromatic N) is 2. The fourth-order valence-corrected chi connectivity index (χ4v) is 5.39. The Bertz CT molecular complexity index is 473. The summed E-state index contributed by atoms with van der Waals surface area (Å²) >= 11 is 0. The van der Waals surface area contributed by atoms with Gasteiger partial charge in [-0.2, -0.15) is 0 Å². The minimum atomic E-state index is 0.271. The third-order valence-electron chi connectivity index (χ3n) is 7.19. The zero-order chi connectivity index (χ0) is 18.4. The van der Waals surface area contributed by atoms with E-state index in [0.717, 1.165) is 50.6 Å². The lowest BCUT2D eigenvalue weighted by molar-refractivity contribution is -0.135. The molecule has 1 saturated heterocycles. The van der Waals surface area contributed by atoms with Crippen LogP contribution in [0.5, 0.6) is 0 Å². The number of unbranched alkanes of at least 4 members (excludes halogenated alkanes) is 1. The summed E-state index contributed by atoms with van der Waals surface area (Å²) in [6.07, 6.45) is 15.7. The van der Waals surface area contributed by atoms with Crippen molar-refractivity contribution in [2.24, 2.45) is 11.8 Å². The molecule has 4 heteroatoms. The summed E-state index contributed by atoms with van der Waals surface area (Å²) in [7, 11) is 1.97. The van der Waals surface area contributed by atoms with Gasteiger partial charge < -0.3 is 9.80 Å². The molecular formula is C22H38N2O2. The molecule has 3 rings (SSSR count). The van der Waals surface area contributed by atoms with Gasteiger partial charge in [-0.1, -0.05) is 38.5 Å². The molecule has 148 valence electrons. The Morgan fingerprint density at radius 2 is 1.50 bits per heavy atom. The second-order valence-corrected chi connectivity index (χ2v) is 8.94. The van der Waals surface area contributed by atoms with Crippen LogP contribution in [0.4, 0.5) is 0 Å². The van der Waals surface area contributed by atoms with Gasteiger partial charge in [0.05, 0.1) is 0 Å². The topological polar surface area (TPSA) is 40.6 Å². The second-order valence-electron chi connectivity index (χ2n) is 8.94. The van der Waals surface area contributed by atoms with Gasteiger partial charge in [-0.25, -0.2) is 0 Å². The first kappa shape index (κ1) is 19.7. The number of carbonyl (C=O) groups is 2. The molecule has 2 saturated carbocycles. The molecule has 1 heterocycles. The molecule has 3 aliphatic rings. The second kappa shape index (κ2) is 9.75. The Balaban J connectivity index is 1.31. The van der Waals surface area contributed by atoms with Gasteiger partial charge in [0, 0.05) is 39.0 Å². The van der Waals surface area contributed by atoms with Crippen molar-refractivity contribution in [3.05, 3.63) is 0 Å². The van der Waals surface area contributed by atoms with E-state index in [1.54, 1.807) is 0 Å². The van der Waals surface area contributed by atoms with Gasteiger partial charge in [0.2, 0.25) is 11.8 Å². The maximum absolute atomic E-state index is 12.5. The fourth-order valence-electron chi connectivity index (χ4n) is 5.39. The van der Waals surface area contributed by atoms with E-state index in [4.69, 9.17) is 0 Å². The largest absolute Gasteiger partial charge is 0.343 e. The van der Waals surface area contributed by atoms with E-state index in [9.17, 15) is 9.59 Å². The van der Waals surface area contributed by atoms with E-state index in [1.165, 1.54) is 51.4 Å². The first-order valence-corrected chi connectivity index (χ1v) is 11.2. The smallest absolute Gasteiger partial charge is 0.222 e. The van der Waals surface area contributed by atoms with Gasteiger partial charge >= 0.3 is 0 Å². The highest BCUT2D eigenvalue weighted by Crippen LogP contribution is 2.36. The van der Waals surface area contributed by atoms with Crippen LogP contribution in [-0.4, -0.2) is 47.8 Å². The lowest BCUT2D eigenvalue weighted by atomic mass is 9.75. The van der Waals surface area contributed by atoms with Crippen molar-refractivity contribution >= 4 is 11.8 Å². The van der Waals surface area contributed by atoms with Crippen LogP contribution in [0.3, 0.4) is 0 Å². The van der Waals surface area contributed by atoms with Gasteiger partial charge in [-0.3, -0.25) is 9.59 Å². The number of rotatable bonds is 6. The molecule has 0 radical (unpaired) electrons. The first-order chi connectivity index (χ1) is 12.6. The molecule has 0 N–H and O–H groups in total. The Kier molecular flexibility index (Phi) is 7.39. The summed E-state index contributed by atoms with van der Waals surface area (Å²) < 4.78 is 0. The van der Waals surface area contributed by atoms with Crippen LogP contribution in [0.1, 0.15) is 89.9 Å². The van der Waals surface area contributed by atoms with E-state index in [2.05, 4.69) is 4.90 Å². The molecule has 0 bridgehead atoms. The molecule has 3 fully saturated rings. The van der Waals surface area contributed by atoms with Crippen LogP contribution in [0.25, 0.3) is 0 Å². The molecule has 2 amide bonds. The fraction of sp³-hybridized carbons (Fsp3) is 0.909. The van der Waals surface area contributed by atoms with Gasteiger partial charge in [0.15, 0.2) is 0 Å². The highest BCUT2D eigenvalue weighted by atomic mass is 16.2. The van der Waals surface area contributed by atoms with Crippen molar-refractivity contribution in [3.8, 4) is 0 Å². The Morgan fingerprint density at radius 1 is 0.846 bits per heavy atom. The lowest BCUT2D eigenvalue weighted by Crippen LogP contribution is -2.44. The Morgan fingerprint density at radius 3 is 2.27 bits per heavy atom. The molecule has 1 aliphatic heterocycles. The predicted octanol–water partition coefficient (Wildman–Crippen LogP) is 4.38. The number of fused-ring (bicyclic) bond motifs is 1. The number of amides is 2. The van der Waals surface area contributed by atoms with Gasteiger partial charge in [-0.05, 0) is 50.4 Å². The van der Waals surface area contributed by atoms with Crippen LogP contribution >= 0.6 is 0 Å². The molecule has 0 aromatic carbocycles. The molecule has 0 spiro atoms. The normalized spacial score (nSPS) is 27.0. The van der Waals surface area contributed by atoms with Crippen LogP contribution in [0.2, 0.25) is 0 Å².